The molecule has 3 aromatic carbocycles. The molecule has 0 fully saturated rings. The maximum Gasteiger partial charge on any atom is -0.0184 e. The van der Waals surface area contributed by atoms with Crippen LogP contribution in [0.2, 0.25) is 0 Å². The molecule has 0 heteroatoms. The molecule has 3 aromatic rings. The van der Waals surface area contributed by atoms with Gasteiger partial charge in [-0.1, -0.05) is 108 Å². The van der Waals surface area contributed by atoms with Gasteiger partial charge in [0.1, 0.15) is 0 Å². The lowest BCUT2D eigenvalue weighted by Gasteiger charge is -2.02. The van der Waals surface area contributed by atoms with E-state index >= 15 is 0 Å². The molecule has 0 amide bonds. The molecule has 0 aliphatic rings. The fraction of sp³-hybridized carbons (Fsp3) is 0.0833. The van der Waals surface area contributed by atoms with E-state index in [0.717, 1.165) is 0 Å². The van der Waals surface area contributed by atoms with Crippen LogP contribution in [0.25, 0.3) is 24.3 Å². The van der Waals surface area contributed by atoms with Crippen LogP contribution in [-0.2, 0) is 0 Å². The second kappa shape index (κ2) is 7.61. The summed E-state index contributed by atoms with van der Waals surface area (Å²) >= 11 is 0. The number of rotatable bonds is 4. The Hall–Kier alpha value is -2.86. The summed E-state index contributed by atoms with van der Waals surface area (Å²) in [7, 11) is 0. The topological polar surface area (TPSA) is 0 Å². The minimum Gasteiger partial charge on any atom is -0.0616 e. The summed E-state index contributed by atoms with van der Waals surface area (Å²) in [5, 5.41) is 0. The summed E-state index contributed by atoms with van der Waals surface area (Å²) in [6.45, 7) is 4.22. The van der Waals surface area contributed by atoms with Gasteiger partial charge in [-0.05, 0) is 36.1 Å². The van der Waals surface area contributed by atoms with Crippen molar-refractivity contribution in [3.8, 4) is 0 Å². The summed E-state index contributed by atoms with van der Waals surface area (Å²) in [5.41, 5.74) is 7.46. The molecule has 0 saturated heterocycles. The molecular weight excluding hydrogens is 288 g/mol. The Balaban J connectivity index is 1.82. The van der Waals surface area contributed by atoms with Crippen molar-refractivity contribution in [3.05, 3.63) is 106 Å². The monoisotopic (exact) mass is 310 g/mol. The molecule has 0 bridgehead atoms. The predicted octanol–water partition coefficient (Wildman–Crippen LogP) is 6.64. The molecule has 0 N–H and O–H groups in total. The Kier molecular flexibility index (Phi) is 5.08. The summed E-state index contributed by atoms with van der Waals surface area (Å²) in [6.07, 6.45) is 8.69. The standard InChI is InChI=1S/C24H22/c1-19-7-11-21(12-8-19)15-17-23-5-3-4-6-24(23)18-16-22-13-9-20(2)10-14-22/h3-18H,1-2H3. The lowest BCUT2D eigenvalue weighted by molar-refractivity contribution is 1.46. The van der Waals surface area contributed by atoms with Gasteiger partial charge in [-0.15, -0.1) is 0 Å². The third-order valence-electron chi connectivity index (χ3n) is 4.06. The Morgan fingerprint density at radius 3 is 1.21 bits per heavy atom. The molecule has 0 aromatic heterocycles. The molecule has 0 nitrogen and oxygen atoms in total. The van der Waals surface area contributed by atoms with Crippen LogP contribution in [0.4, 0.5) is 0 Å². The normalized spacial score (nSPS) is 11.4. The fourth-order valence-electron chi connectivity index (χ4n) is 2.54. The lowest BCUT2D eigenvalue weighted by Crippen LogP contribution is -1.80. The van der Waals surface area contributed by atoms with Gasteiger partial charge < -0.3 is 0 Å². The first-order valence-electron chi connectivity index (χ1n) is 8.29. The van der Waals surface area contributed by atoms with Crippen molar-refractivity contribution in [2.24, 2.45) is 0 Å². The Labute approximate surface area is 144 Å². The van der Waals surface area contributed by atoms with Gasteiger partial charge in [0.15, 0.2) is 0 Å². The van der Waals surface area contributed by atoms with E-state index in [1.165, 1.54) is 33.4 Å². The number of hydrogen-bond donors (Lipinski definition) is 0. The van der Waals surface area contributed by atoms with Crippen molar-refractivity contribution in [2.45, 2.75) is 13.8 Å². The van der Waals surface area contributed by atoms with Crippen LogP contribution in [0.1, 0.15) is 33.4 Å². The Morgan fingerprint density at radius 2 is 0.833 bits per heavy atom. The van der Waals surface area contributed by atoms with Gasteiger partial charge in [-0.3, -0.25) is 0 Å². The van der Waals surface area contributed by atoms with E-state index in [0.29, 0.717) is 0 Å². The van der Waals surface area contributed by atoms with Crippen LogP contribution >= 0.6 is 0 Å². The third kappa shape index (κ3) is 4.33. The van der Waals surface area contributed by atoms with Crippen molar-refractivity contribution >= 4 is 24.3 Å². The van der Waals surface area contributed by atoms with E-state index in [4.69, 9.17) is 0 Å². The second-order valence-electron chi connectivity index (χ2n) is 6.12. The van der Waals surface area contributed by atoms with Crippen LogP contribution in [0.15, 0.2) is 72.8 Å². The van der Waals surface area contributed by atoms with Crippen molar-refractivity contribution < 1.29 is 0 Å². The molecule has 3 rings (SSSR count). The molecule has 0 spiro atoms. The average Bonchev–Trinajstić information content (AvgIpc) is 2.61. The van der Waals surface area contributed by atoms with Gasteiger partial charge in [-0.25, -0.2) is 0 Å². The van der Waals surface area contributed by atoms with Crippen molar-refractivity contribution in [1.82, 2.24) is 0 Å². The highest BCUT2D eigenvalue weighted by Gasteiger charge is 1.95. The lowest BCUT2D eigenvalue weighted by atomic mass is 10.0. The van der Waals surface area contributed by atoms with E-state index in [1.54, 1.807) is 0 Å². The highest BCUT2D eigenvalue weighted by molar-refractivity contribution is 5.79. The van der Waals surface area contributed by atoms with Crippen LogP contribution in [0.5, 0.6) is 0 Å². The minimum atomic E-state index is 1.22. The van der Waals surface area contributed by atoms with Crippen molar-refractivity contribution in [2.75, 3.05) is 0 Å². The maximum atomic E-state index is 2.18. The van der Waals surface area contributed by atoms with E-state index in [-0.39, 0.29) is 0 Å². The first-order valence-corrected chi connectivity index (χ1v) is 8.29. The molecule has 0 unspecified atom stereocenters. The Bertz CT molecular complexity index is 773. The first-order chi connectivity index (χ1) is 11.7. The first kappa shape index (κ1) is 16.0. The van der Waals surface area contributed by atoms with Crippen LogP contribution in [-0.4, -0.2) is 0 Å². The van der Waals surface area contributed by atoms with Crippen LogP contribution < -0.4 is 0 Å². The molecule has 0 radical (unpaired) electrons. The highest BCUT2D eigenvalue weighted by atomic mass is 14.0. The average molecular weight is 310 g/mol. The molecule has 24 heavy (non-hydrogen) atoms. The Morgan fingerprint density at radius 1 is 0.458 bits per heavy atom. The van der Waals surface area contributed by atoms with Crippen molar-refractivity contribution in [1.29, 1.82) is 0 Å². The van der Waals surface area contributed by atoms with Crippen molar-refractivity contribution in [3.63, 3.8) is 0 Å². The smallest absolute Gasteiger partial charge is 0.0184 e. The maximum absolute atomic E-state index is 2.18. The summed E-state index contributed by atoms with van der Waals surface area (Å²) in [5.74, 6) is 0. The minimum absolute atomic E-state index is 1.22. The van der Waals surface area contributed by atoms with E-state index in [2.05, 4.69) is 111 Å². The number of aryl methyl sites for hydroxylation is 2. The number of benzene rings is 3. The van der Waals surface area contributed by atoms with Gasteiger partial charge in [0.25, 0.3) is 0 Å². The molecular formula is C24H22. The van der Waals surface area contributed by atoms with Crippen LogP contribution in [0.3, 0.4) is 0 Å². The van der Waals surface area contributed by atoms with E-state index in [9.17, 15) is 0 Å². The molecule has 0 heterocycles. The zero-order valence-corrected chi connectivity index (χ0v) is 14.2. The van der Waals surface area contributed by atoms with Gasteiger partial charge in [0.2, 0.25) is 0 Å². The van der Waals surface area contributed by atoms with Gasteiger partial charge in [0, 0.05) is 0 Å². The molecule has 0 atom stereocenters. The summed E-state index contributed by atoms with van der Waals surface area (Å²) in [6, 6.07) is 25.6. The predicted molar refractivity (Wildman–Crippen MR) is 107 cm³/mol. The SMILES string of the molecule is Cc1ccc(C=Cc2ccccc2C=Cc2ccc(C)cc2)cc1. The fourth-order valence-corrected chi connectivity index (χ4v) is 2.54. The van der Waals surface area contributed by atoms with Crippen LogP contribution in [0, 0.1) is 13.8 Å². The highest BCUT2D eigenvalue weighted by Crippen LogP contribution is 2.17. The molecule has 0 aliphatic carbocycles. The van der Waals surface area contributed by atoms with E-state index < -0.39 is 0 Å². The quantitative estimate of drug-likeness (QED) is 0.473. The number of hydrogen-bond acceptors (Lipinski definition) is 0. The van der Waals surface area contributed by atoms with Gasteiger partial charge in [-0.2, -0.15) is 0 Å². The van der Waals surface area contributed by atoms with Gasteiger partial charge >= 0.3 is 0 Å². The largest absolute Gasteiger partial charge is 0.0616 e. The third-order valence-corrected chi connectivity index (χ3v) is 4.06. The zero-order valence-electron chi connectivity index (χ0n) is 14.2. The molecule has 0 aliphatic heterocycles. The summed E-state index contributed by atoms with van der Waals surface area (Å²) in [4.78, 5) is 0. The zero-order chi connectivity index (χ0) is 16.8. The summed E-state index contributed by atoms with van der Waals surface area (Å²) < 4.78 is 0. The second-order valence-corrected chi connectivity index (χ2v) is 6.12. The molecule has 0 saturated carbocycles. The van der Waals surface area contributed by atoms with E-state index in [1.807, 2.05) is 0 Å². The molecule has 118 valence electrons. The van der Waals surface area contributed by atoms with Gasteiger partial charge in [0.05, 0.1) is 0 Å².